The van der Waals surface area contributed by atoms with E-state index < -0.39 is 0 Å². The van der Waals surface area contributed by atoms with E-state index in [1.807, 2.05) is 37.3 Å². The van der Waals surface area contributed by atoms with Gasteiger partial charge in [-0.1, -0.05) is 18.2 Å². The number of anilines is 1. The maximum atomic E-state index is 12.2. The molecule has 1 atom stereocenters. The first-order valence-corrected chi connectivity index (χ1v) is 6.56. The molecule has 1 aromatic rings. The Kier molecular flexibility index (Phi) is 5.35. The van der Waals surface area contributed by atoms with Crippen molar-refractivity contribution >= 4 is 11.6 Å². The van der Waals surface area contributed by atoms with Gasteiger partial charge in [0.05, 0.1) is 6.04 Å². The summed E-state index contributed by atoms with van der Waals surface area (Å²) in [4.78, 5) is 14.4. The number of nitrogens with zero attached hydrogens (tertiary/aromatic N) is 1. The molecule has 0 aliphatic rings. The minimum absolute atomic E-state index is 0.0450. The van der Waals surface area contributed by atoms with Crippen LogP contribution in [0.4, 0.5) is 5.69 Å². The molecule has 0 fully saturated rings. The fourth-order valence-corrected chi connectivity index (χ4v) is 2.39. The first kappa shape index (κ1) is 14.7. The molecule has 1 unspecified atom stereocenters. The first-order chi connectivity index (χ1) is 8.43. The lowest BCUT2D eigenvalue weighted by atomic mass is 10.1. The molecule has 0 radical (unpaired) electrons. The van der Waals surface area contributed by atoms with E-state index in [9.17, 15) is 4.79 Å². The molecule has 0 aliphatic carbocycles. The van der Waals surface area contributed by atoms with Gasteiger partial charge in [-0.25, -0.2) is 0 Å². The summed E-state index contributed by atoms with van der Waals surface area (Å²) < 4.78 is 0. The van der Waals surface area contributed by atoms with Gasteiger partial charge in [-0.2, -0.15) is 0 Å². The Labute approximate surface area is 110 Å². The van der Waals surface area contributed by atoms with Gasteiger partial charge in [0.15, 0.2) is 0 Å². The fourth-order valence-electron chi connectivity index (χ4n) is 2.39. The minimum Gasteiger partial charge on any atom is -0.325 e. The van der Waals surface area contributed by atoms with E-state index in [0.717, 1.165) is 5.69 Å². The van der Waals surface area contributed by atoms with Crippen LogP contribution in [0.25, 0.3) is 0 Å². The van der Waals surface area contributed by atoms with E-state index in [0.29, 0.717) is 12.1 Å². The van der Waals surface area contributed by atoms with Gasteiger partial charge >= 0.3 is 0 Å². The second kappa shape index (κ2) is 6.55. The molecule has 100 valence electrons. The van der Waals surface area contributed by atoms with Gasteiger partial charge in [-0.3, -0.25) is 9.69 Å². The molecule has 0 saturated carbocycles. The Balaban J connectivity index is 2.71. The summed E-state index contributed by atoms with van der Waals surface area (Å²) in [5, 5.41) is 2.95. The van der Waals surface area contributed by atoms with Gasteiger partial charge < -0.3 is 5.32 Å². The highest BCUT2D eigenvalue weighted by molar-refractivity contribution is 5.94. The van der Waals surface area contributed by atoms with Crippen molar-refractivity contribution in [3.8, 4) is 0 Å². The Morgan fingerprint density at radius 3 is 1.94 bits per heavy atom. The van der Waals surface area contributed by atoms with Crippen molar-refractivity contribution in [2.45, 2.75) is 52.7 Å². The monoisotopic (exact) mass is 248 g/mol. The molecule has 1 rings (SSSR count). The lowest BCUT2D eigenvalue weighted by Gasteiger charge is -2.35. The molecular weight excluding hydrogens is 224 g/mol. The molecule has 0 aromatic heterocycles. The SMILES string of the molecule is CC(C)N(C(C)C)C(C)C(=O)Nc1ccccc1. The summed E-state index contributed by atoms with van der Waals surface area (Å²) in [6.45, 7) is 10.4. The lowest BCUT2D eigenvalue weighted by molar-refractivity contribution is -0.122. The maximum absolute atomic E-state index is 12.2. The van der Waals surface area contributed by atoms with Gasteiger partial charge in [0, 0.05) is 17.8 Å². The van der Waals surface area contributed by atoms with E-state index >= 15 is 0 Å². The summed E-state index contributed by atoms with van der Waals surface area (Å²) in [5.74, 6) is 0.0450. The number of benzene rings is 1. The Hall–Kier alpha value is -1.35. The average molecular weight is 248 g/mol. The standard InChI is InChI=1S/C15H24N2O/c1-11(2)17(12(3)4)13(5)15(18)16-14-9-7-6-8-10-14/h6-13H,1-5H3,(H,16,18). The number of nitrogens with one attached hydrogen (secondary N) is 1. The average Bonchev–Trinajstić information content (AvgIpc) is 2.29. The number of carbonyl (C=O) groups is 1. The molecule has 1 amide bonds. The zero-order valence-electron chi connectivity index (χ0n) is 12.0. The Bertz CT molecular complexity index is 365. The van der Waals surface area contributed by atoms with Gasteiger partial charge in [-0.05, 0) is 46.8 Å². The third-order valence-electron chi connectivity index (χ3n) is 3.06. The van der Waals surface area contributed by atoms with Crippen LogP contribution in [-0.4, -0.2) is 28.9 Å². The Morgan fingerprint density at radius 2 is 1.50 bits per heavy atom. The topological polar surface area (TPSA) is 32.3 Å². The van der Waals surface area contributed by atoms with E-state index in [4.69, 9.17) is 0 Å². The van der Waals surface area contributed by atoms with Gasteiger partial charge in [0.2, 0.25) is 5.91 Å². The predicted molar refractivity (Wildman–Crippen MR) is 76.6 cm³/mol. The van der Waals surface area contributed by atoms with Crippen LogP contribution in [0, 0.1) is 0 Å². The summed E-state index contributed by atoms with van der Waals surface area (Å²) in [6.07, 6.45) is 0. The zero-order valence-corrected chi connectivity index (χ0v) is 12.0. The quantitative estimate of drug-likeness (QED) is 0.868. The second-order valence-electron chi connectivity index (χ2n) is 5.17. The second-order valence-corrected chi connectivity index (χ2v) is 5.17. The number of para-hydroxylation sites is 1. The largest absolute Gasteiger partial charge is 0.325 e. The molecule has 0 aliphatic heterocycles. The third-order valence-corrected chi connectivity index (χ3v) is 3.06. The van der Waals surface area contributed by atoms with Crippen LogP contribution in [0.15, 0.2) is 30.3 Å². The number of hydrogen-bond acceptors (Lipinski definition) is 2. The summed E-state index contributed by atoms with van der Waals surface area (Å²) in [5.41, 5.74) is 0.849. The van der Waals surface area contributed by atoms with Crippen LogP contribution in [0.3, 0.4) is 0 Å². The molecular formula is C15H24N2O. The zero-order chi connectivity index (χ0) is 13.7. The number of amides is 1. The molecule has 18 heavy (non-hydrogen) atoms. The van der Waals surface area contributed by atoms with Crippen molar-refractivity contribution in [2.24, 2.45) is 0 Å². The van der Waals surface area contributed by atoms with Gasteiger partial charge in [0.1, 0.15) is 0 Å². The lowest BCUT2D eigenvalue weighted by Crippen LogP contribution is -2.49. The molecule has 0 saturated heterocycles. The van der Waals surface area contributed by atoms with Crippen LogP contribution in [0.5, 0.6) is 0 Å². The van der Waals surface area contributed by atoms with Crippen LogP contribution in [0.2, 0.25) is 0 Å². The van der Waals surface area contributed by atoms with Crippen molar-refractivity contribution < 1.29 is 4.79 Å². The van der Waals surface area contributed by atoms with Crippen molar-refractivity contribution in [1.82, 2.24) is 4.90 Å². The van der Waals surface area contributed by atoms with Crippen LogP contribution >= 0.6 is 0 Å². The number of carbonyl (C=O) groups excluding carboxylic acids is 1. The molecule has 0 bridgehead atoms. The summed E-state index contributed by atoms with van der Waals surface area (Å²) in [6, 6.07) is 10.1. The third kappa shape index (κ3) is 3.84. The smallest absolute Gasteiger partial charge is 0.241 e. The molecule has 3 nitrogen and oxygen atoms in total. The van der Waals surface area contributed by atoms with Crippen molar-refractivity contribution in [2.75, 3.05) is 5.32 Å². The highest BCUT2D eigenvalue weighted by Crippen LogP contribution is 2.13. The minimum atomic E-state index is -0.134. The summed E-state index contributed by atoms with van der Waals surface area (Å²) in [7, 11) is 0. The van der Waals surface area contributed by atoms with E-state index in [-0.39, 0.29) is 11.9 Å². The van der Waals surface area contributed by atoms with Crippen molar-refractivity contribution in [3.05, 3.63) is 30.3 Å². The molecule has 0 heterocycles. The van der Waals surface area contributed by atoms with Crippen molar-refractivity contribution in [3.63, 3.8) is 0 Å². The van der Waals surface area contributed by atoms with Crippen LogP contribution < -0.4 is 5.32 Å². The predicted octanol–water partition coefficient (Wildman–Crippen LogP) is 3.13. The molecule has 3 heteroatoms. The van der Waals surface area contributed by atoms with Gasteiger partial charge in [-0.15, -0.1) is 0 Å². The van der Waals surface area contributed by atoms with E-state index in [2.05, 4.69) is 37.9 Å². The van der Waals surface area contributed by atoms with Crippen LogP contribution in [-0.2, 0) is 4.79 Å². The Morgan fingerprint density at radius 1 is 1.00 bits per heavy atom. The van der Waals surface area contributed by atoms with Gasteiger partial charge in [0.25, 0.3) is 0 Å². The fraction of sp³-hybridized carbons (Fsp3) is 0.533. The molecule has 1 N–H and O–H groups in total. The number of rotatable bonds is 5. The maximum Gasteiger partial charge on any atom is 0.241 e. The number of hydrogen-bond donors (Lipinski definition) is 1. The van der Waals surface area contributed by atoms with E-state index in [1.54, 1.807) is 0 Å². The van der Waals surface area contributed by atoms with Crippen LogP contribution in [0.1, 0.15) is 34.6 Å². The van der Waals surface area contributed by atoms with Crippen molar-refractivity contribution in [1.29, 1.82) is 0 Å². The molecule has 1 aromatic carbocycles. The molecule has 0 spiro atoms. The normalized spacial score (nSPS) is 13.1. The first-order valence-electron chi connectivity index (χ1n) is 6.56. The van der Waals surface area contributed by atoms with E-state index in [1.165, 1.54) is 0 Å². The highest BCUT2D eigenvalue weighted by Gasteiger charge is 2.25. The highest BCUT2D eigenvalue weighted by atomic mass is 16.2. The summed E-state index contributed by atoms with van der Waals surface area (Å²) >= 11 is 0.